The summed E-state index contributed by atoms with van der Waals surface area (Å²) in [5.74, 6) is 2.32. The fraction of sp³-hybridized carbons (Fsp3) is 0.786. The van der Waals surface area contributed by atoms with Crippen molar-refractivity contribution in [3.8, 4) is 0 Å². The van der Waals surface area contributed by atoms with Gasteiger partial charge in [0.2, 0.25) is 0 Å². The van der Waals surface area contributed by atoms with Crippen molar-refractivity contribution in [1.82, 2.24) is 14.5 Å². The van der Waals surface area contributed by atoms with E-state index in [0.717, 1.165) is 19.4 Å². The molecular formula is C14H23N3O. The van der Waals surface area contributed by atoms with Gasteiger partial charge in [0.1, 0.15) is 5.82 Å². The van der Waals surface area contributed by atoms with Gasteiger partial charge in [-0.05, 0) is 45.8 Å². The Hall–Kier alpha value is -0.870. The highest BCUT2D eigenvalue weighted by atomic mass is 16.3. The van der Waals surface area contributed by atoms with Crippen molar-refractivity contribution in [1.29, 1.82) is 0 Å². The number of aryl methyl sites for hydroxylation is 1. The molecule has 0 amide bonds. The van der Waals surface area contributed by atoms with E-state index >= 15 is 0 Å². The van der Waals surface area contributed by atoms with Crippen LogP contribution < -0.4 is 0 Å². The van der Waals surface area contributed by atoms with Gasteiger partial charge in [-0.1, -0.05) is 0 Å². The summed E-state index contributed by atoms with van der Waals surface area (Å²) in [5, 5.41) is 9.35. The number of likely N-dealkylation sites (tertiary alicyclic amines) is 1. The molecule has 2 aliphatic rings. The largest absolute Gasteiger partial charge is 0.396 e. The van der Waals surface area contributed by atoms with Crippen LogP contribution in [0.3, 0.4) is 0 Å². The Labute approximate surface area is 109 Å². The molecule has 18 heavy (non-hydrogen) atoms. The van der Waals surface area contributed by atoms with Gasteiger partial charge in [-0.2, -0.15) is 0 Å². The van der Waals surface area contributed by atoms with Crippen LogP contribution in [0.25, 0.3) is 0 Å². The van der Waals surface area contributed by atoms with Gasteiger partial charge in [0.05, 0.1) is 0 Å². The Bertz CT molecular complexity index is 407. The second kappa shape index (κ2) is 5.02. The van der Waals surface area contributed by atoms with Gasteiger partial charge in [-0.3, -0.25) is 0 Å². The highest BCUT2D eigenvalue weighted by Crippen LogP contribution is 2.30. The Morgan fingerprint density at radius 1 is 1.33 bits per heavy atom. The number of hydrogen-bond acceptors (Lipinski definition) is 3. The van der Waals surface area contributed by atoms with Crippen LogP contribution in [0.4, 0.5) is 0 Å². The molecule has 1 aromatic rings. The first-order chi connectivity index (χ1) is 8.78. The van der Waals surface area contributed by atoms with Crippen molar-refractivity contribution < 1.29 is 5.11 Å². The summed E-state index contributed by atoms with van der Waals surface area (Å²) in [7, 11) is 2.19. The zero-order valence-corrected chi connectivity index (χ0v) is 11.2. The SMILES string of the molecule is CN1CCC(c2ncc3n2CC(CO)CC3)CC1. The predicted octanol–water partition coefficient (Wildman–Crippen LogP) is 1.25. The van der Waals surface area contributed by atoms with Crippen LogP contribution in [-0.2, 0) is 13.0 Å². The van der Waals surface area contributed by atoms with Crippen molar-refractivity contribution in [2.24, 2.45) is 5.92 Å². The third kappa shape index (κ3) is 2.19. The first kappa shape index (κ1) is 12.2. The summed E-state index contributed by atoms with van der Waals surface area (Å²) in [5.41, 5.74) is 1.37. The topological polar surface area (TPSA) is 41.3 Å². The molecule has 1 aromatic heterocycles. The number of aliphatic hydroxyl groups is 1. The molecule has 3 rings (SSSR count). The van der Waals surface area contributed by atoms with Gasteiger partial charge < -0.3 is 14.6 Å². The van der Waals surface area contributed by atoms with E-state index in [0.29, 0.717) is 18.4 Å². The maximum atomic E-state index is 9.35. The maximum Gasteiger partial charge on any atom is 0.112 e. The van der Waals surface area contributed by atoms with Gasteiger partial charge in [0, 0.05) is 36.9 Å². The smallest absolute Gasteiger partial charge is 0.112 e. The fourth-order valence-electron chi connectivity index (χ4n) is 3.28. The summed E-state index contributed by atoms with van der Waals surface area (Å²) in [4.78, 5) is 7.07. The molecule has 100 valence electrons. The molecule has 1 fully saturated rings. The molecule has 1 unspecified atom stereocenters. The summed E-state index contributed by atoms with van der Waals surface area (Å²) < 4.78 is 2.39. The summed E-state index contributed by atoms with van der Waals surface area (Å²) >= 11 is 0. The van der Waals surface area contributed by atoms with E-state index in [2.05, 4.69) is 27.7 Å². The molecule has 1 N–H and O–H groups in total. The quantitative estimate of drug-likeness (QED) is 0.857. The van der Waals surface area contributed by atoms with E-state index in [4.69, 9.17) is 0 Å². The summed E-state index contributed by atoms with van der Waals surface area (Å²) in [6.45, 7) is 3.63. The number of aliphatic hydroxyl groups excluding tert-OH is 1. The van der Waals surface area contributed by atoms with Gasteiger partial charge in [0.25, 0.3) is 0 Å². The predicted molar refractivity (Wildman–Crippen MR) is 70.6 cm³/mol. The van der Waals surface area contributed by atoms with Crippen molar-refractivity contribution in [3.63, 3.8) is 0 Å². The first-order valence-electron chi connectivity index (χ1n) is 7.11. The second-order valence-electron chi connectivity index (χ2n) is 5.88. The van der Waals surface area contributed by atoms with E-state index in [1.165, 1.54) is 37.4 Å². The molecular weight excluding hydrogens is 226 g/mol. The van der Waals surface area contributed by atoms with Crippen LogP contribution in [-0.4, -0.2) is 46.3 Å². The molecule has 0 aliphatic carbocycles. The molecule has 0 saturated carbocycles. The minimum atomic E-state index is 0.310. The first-order valence-corrected chi connectivity index (χ1v) is 7.11. The second-order valence-corrected chi connectivity index (χ2v) is 5.88. The average Bonchev–Trinajstić information content (AvgIpc) is 2.82. The molecule has 0 radical (unpaired) electrons. The minimum Gasteiger partial charge on any atom is -0.396 e. The molecule has 3 heterocycles. The highest BCUT2D eigenvalue weighted by Gasteiger charge is 2.27. The van der Waals surface area contributed by atoms with E-state index < -0.39 is 0 Å². The Morgan fingerprint density at radius 3 is 2.83 bits per heavy atom. The normalized spacial score (nSPS) is 26.2. The molecule has 4 nitrogen and oxygen atoms in total. The fourth-order valence-corrected chi connectivity index (χ4v) is 3.28. The molecule has 1 saturated heterocycles. The van der Waals surface area contributed by atoms with E-state index in [-0.39, 0.29) is 0 Å². The third-order valence-electron chi connectivity index (χ3n) is 4.56. The standard InChI is InChI=1S/C14H23N3O/c1-16-6-4-12(5-7-16)14-15-8-13-3-2-11(10-18)9-17(13)14/h8,11-12,18H,2-7,9-10H2,1H3. The van der Waals surface area contributed by atoms with Crippen molar-refractivity contribution in [2.75, 3.05) is 26.7 Å². The van der Waals surface area contributed by atoms with Crippen molar-refractivity contribution in [3.05, 3.63) is 17.7 Å². The molecule has 0 spiro atoms. The maximum absolute atomic E-state index is 9.35. The summed E-state index contributed by atoms with van der Waals surface area (Å²) in [6, 6.07) is 0. The molecule has 1 atom stereocenters. The third-order valence-corrected chi connectivity index (χ3v) is 4.56. The highest BCUT2D eigenvalue weighted by molar-refractivity contribution is 5.13. The minimum absolute atomic E-state index is 0.310. The van der Waals surface area contributed by atoms with Crippen LogP contribution in [0.15, 0.2) is 6.20 Å². The average molecular weight is 249 g/mol. The number of imidazole rings is 1. The van der Waals surface area contributed by atoms with Gasteiger partial charge in [0.15, 0.2) is 0 Å². The molecule has 0 aromatic carbocycles. The van der Waals surface area contributed by atoms with Gasteiger partial charge in [-0.25, -0.2) is 4.98 Å². The number of fused-ring (bicyclic) bond motifs is 1. The van der Waals surface area contributed by atoms with Crippen LogP contribution >= 0.6 is 0 Å². The van der Waals surface area contributed by atoms with E-state index in [1.807, 2.05) is 0 Å². The van der Waals surface area contributed by atoms with Crippen molar-refractivity contribution >= 4 is 0 Å². The Morgan fingerprint density at radius 2 is 2.11 bits per heavy atom. The Balaban J connectivity index is 1.79. The zero-order chi connectivity index (χ0) is 12.5. The molecule has 4 heteroatoms. The van der Waals surface area contributed by atoms with Crippen LogP contribution in [0.2, 0.25) is 0 Å². The van der Waals surface area contributed by atoms with Crippen LogP contribution in [0.5, 0.6) is 0 Å². The number of aromatic nitrogens is 2. The van der Waals surface area contributed by atoms with E-state index in [9.17, 15) is 5.11 Å². The van der Waals surface area contributed by atoms with Crippen LogP contribution in [0.1, 0.15) is 36.7 Å². The number of piperidine rings is 1. The van der Waals surface area contributed by atoms with Crippen molar-refractivity contribution in [2.45, 2.75) is 38.1 Å². The zero-order valence-electron chi connectivity index (χ0n) is 11.2. The Kier molecular flexibility index (Phi) is 3.39. The van der Waals surface area contributed by atoms with Gasteiger partial charge in [-0.15, -0.1) is 0 Å². The lowest BCUT2D eigenvalue weighted by Gasteiger charge is -2.31. The number of rotatable bonds is 2. The number of nitrogens with zero attached hydrogens (tertiary/aromatic N) is 3. The molecule has 2 aliphatic heterocycles. The monoisotopic (exact) mass is 249 g/mol. The van der Waals surface area contributed by atoms with Gasteiger partial charge >= 0.3 is 0 Å². The molecule has 0 bridgehead atoms. The van der Waals surface area contributed by atoms with Crippen LogP contribution in [0, 0.1) is 5.92 Å². The summed E-state index contributed by atoms with van der Waals surface area (Å²) in [6.07, 6.45) is 6.68. The lowest BCUT2D eigenvalue weighted by Crippen LogP contribution is -2.31. The lowest BCUT2D eigenvalue weighted by molar-refractivity contribution is 0.187. The van der Waals surface area contributed by atoms with E-state index in [1.54, 1.807) is 0 Å². The number of hydrogen-bond donors (Lipinski definition) is 1. The lowest BCUT2D eigenvalue weighted by atomic mass is 9.94.